The van der Waals surface area contributed by atoms with Crippen LogP contribution in [0.4, 0.5) is 5.69 Å². The molecule has 1 aromatic carbocycles. The first-order valence-corrected chi connectivity index (χ1v) is 12.3. The number of hydrogen-bond donors (Lipinski definition) is 3. The molecule has 1 fully saturated rings. The molecule has 3 heterocycles. The van der Waals surface area contributed by atoms with Gasteiger partial charge in [0, 0.05) is 47.8 Å². The van der Waals surface area contributed by atoms with Gasteiger partial charge in [-0.25, -0.2) is 4.79 Å². The van der Waals surface area contributed by atoms with E-state index in [0.717, 1.165) is 22.9 Å². The van der Waals surface area contributed by atoms with Crippen LogP contribution in [-0.2, 0) is 34.7 Å². The summed E-state index contributed by atoms with van der Waals surface area (Å²) in [5.74, 6) is -3.36. The highest BCUT2D eigenvalue weighted by Crippen LogP contribution is 2.35. The van der Waals surface area contributed by atoms with E-state index in [1.165, 1.54) is 0 Å². The lowest BCUT2D eigenvalue weighted by molar-refractivity contribution is -0.151. The molecular weight excluding hydrogens is 500 g/mol. The lowest BCUT2D eigenvalue weighted by atomic mass is 10.0. The van der Waals surface area contributed by atoms with Crippen LogP contribution < -0.4 is 10.6 Å². The molecule has 0 aliphatic carbocycles. The second-order valence-electron chi connectivity index (χ2n) is 7.90. The van der Waals surface area contributed by atoms with Crippen molar-refractivity contribution in [1.82, 2.24) is 15.2 Å². The van der Waals surface area contributed by atoms with Crippen LogP contribution in [0.5, 0.6) is 0 Å². The number of aromatic nitrogens is 1. The van der Waals surface area contributed by atoms with Crippen LogP contribution in [0.15, 0.2) is 41.7 Å². The number of carboxylic acid groups (broad SMARTS) is 1. The third kappa shape index (κ3) is 4.98. The number of ether oxygens (including phenoxy) is 1. The molecule has 11 nitrogen and oxygen atoms in total. The van der Waals surface area contributed by atoms with Gasteiger partial charge in [0.2, 0.25) is 5.91 Å². The number of carbonyl (C=O) groups excluding carboxylic acids is 3. The van der Waals surface area contributed by atoms with Crippen molar-refractivity contribution in [3.05, 3.63) is 46.8 Å². The lowest BCUT2D eigenvalue weighted by Crippen LogP contribution is -2.73. The van der Waals surface area contributed by atoms with Crippen LogP contribution in [0.2, 0.25) is 5.02 Å². The van der Waals surface area contributed by atoms with Crippen LogP contribution in [0.25, 0.3) is 10.9 Å². The second-order valence-corrected chi connectivity index (χ2v) is 9.87. The fourth-order valence-electron chi connectivity index (χ4n) is 3.98. The fourth-order valence-corrected chi connectivity index (χ4v) is 5.82. The minimum atomic E-state index is -1.69. The number of carbonyl (C=O) groups is 4. The molecule has 13 heteroatoms. The number of pyridine rings is 1. The zero-order chi connectivity index (χ0) is 25.3. The molecular formula is C22H21ClN4O7S. The van der Waals surface area contributed by atoms with Crippen molar-refractivity contribution in [2.75, 3.05) is 24.2 Å². The fraction of sp³-hybridized carbons (Fsp3) is 0.318. The summed E-state index contributed by atoms with van der Waals surface area (Å²) in [5.41, 5.74) is 1.17. The maximum atomic E-state index is 12.7. The summed E-state index contributed by atoms with van der Waals surface area (Å²) >= 11 is 6.00. The van der Waals surface area contributed by atoms with Crippen molar-refractivity contribution < 1.29 is 33.2 Å². The number of fused-ring (bicyclic) bond motifs is 2. The number of esters is 1. The molecule has 4 rings (SSSR count). The molecule has 0 bridgehead atoms. The third-order valence-electron chi connectivity index (χ3n) is 5.55. The Morgan fingerprint density at radius 2 is 2.09 bits per heavy atom. The smallest absolute Gasteiger partial charge is 0.352 e. The van der Waals surface area contributed by atoms with Crippen molar-refractivity contribution in [2.45, 2.75) is 24.8 Å². The molecule has 2 aliphatic heterocycles. The lowest BCUT2D eigenvalue weighted by Gasteiger charge is -2.49. The zero-order valence-electron chi connectivity index (χ0n) is 18.4. The van der Waals surface area contributed by atoms with Gasteiger partial charge < -0.3 is 20.5 Å². The standard InChI is InChI=1S/C22H21ClN4O7S/c1-11(28)34-9-12-10-35(33)21-18(20(30)27(21)19(12)22(31)32)26-17(29)5-7-24-15-4-6-25-16-8-13(23)2-3-14(15)16/h2-4,6,8,18,21H,5,7,9-10H2,1H3,(H,24,25)(H,26,29)(H,31,32)/t18-,21-,35?/m1/s1. The molecule has 0 saturated carbocycles. The Hall–Kier alpha value is -3.51. The van der Waals surface area contributed by atoms with E-state index in [1.807, 2.05) is 6.07 Å². The summed E-state index contributed by atoms with van der Waals surface area (Å²) in [5, 5.41) is 15.7. The van der Waals surface area contributed by atoms with Gasteiger partial charge in [-0.05, 0) is 24.3 Å². The summed E-state index contributed by atoms with van der Waals surface area (Å²) < 4.78 is 17.6. The number of halogens is 1. The Bertz CT molecular complexity index is 1300. The number of amides is 2. The zero-order valence-corrected chi connectivity index (χ0v) is 20.0. The van der Waals surface area contributed by atoms with E-state index < -0.39 is 46.0 Å². The van der Waals surface area contributed by atoms with E-state index in [-0.39, 0.29) is 36.6 Å². The molecule has 3 N–H and O–H groups in total. The summed E-state index contributed by atoms with van der Waals surface area (Å²) in [4.78, 5) is 53.2. The second kappa shape index (κ2) is 10.0. The van der Waals surface area contributed by atoms with Crippen molar-refractivity contribution >= 4 is 62.7 Å². The Kier molecular flexibility index (Phi) is 7.03. The normalized spacial score (nSPS) is 21.3. The van der Waals surface area contributed by atoms with Crippen LogP contribution in [-0.4, -0.2) is 73.3 Å². The molecule has 0 radical (unpaired) electrons. The average Bonchev–Trinajstić information content (AvgIpc) is 2.80. The number of carboxylic acids is 1. The first-order chi connectivity index (χ1) is 16.7. The molecule has 1 saturated heterocycles. The number of nitrogens with one attached hydrogen (secondary N) is 2. The number of aliphatic carboxylic acids is 1. The molecule has 0 spiro atoms. The van der Waals surface area contributed by atoms with Crippen LogP contribution in [0.1, 0.15) is 13.3 Å². The number of nitrogens with zero attached hydrogens (tertiary/aromatic N) is 2. The van der Waals surface area contributed by atoms with Crippen molar-refractivity contribution in [1.29, 1.82) is 0 Å². The predicted octanol–water partition coefficient (Wildman–Crippen LogP) is 1.01. The highest BCUT2D eigenvalue weighted by Gasteiger charge is 2.57. The van der Waals surface area contributed by atoms with Gasteiger partial charge in [-0.1, -0.05) is 11.6 Å². The summed E-state index contributed by atoms with van der Waals surface area (Å²) in [6.07, 6.45) is 1.63. The predicted molar refractivity (Wildman–Crippen MR) is 127 cm³/mol. The first kappa shape index (κ1) is 24.6. The van der Waals surface area contributed by atoms with Crippen molar-refractivity contribution in [3.8, 4) is 0 Å². The molecule has 184 valence electrons. The molecule has 2 aliphatic rings. The van der Waals surface area contributed by atoms with Gasteiger partial charge in [-0.2, -0.15) is 0 Å². The Balaban J connectivity index is 1.38. The van der Waals surface area contributed by atoms with E-state index in [4.69, 9.17) is 16.3 Å². The van der Waals surface area contributed by atoms with Gasteiger partial charge in [0.05, 0.1) is 22.1 Å². The maximum Gasteiger partial charge on any atom is 0.352 e. The van der Waals surface area contributed by atoms with Gasteiger partial charge in [-0.15, -0.1) is 0 Å². The number of β-lactam (4-membered cyclic amide) rings is 1. The Morgan fingerprint density at radius 3 is 2.80 bits per heavy atom. The van der Waals surface area contributed by atoms with Gasteiger partial charge in [0.15, 0.2) is 0 Å². The van der Waals surface area contributed by atoms with Crippen LogP contribution >= 0.6 is 11.6 Å². The van der Waals surface area contributed by atoms with Gasteiger partial charge in [-0.3, -0.25) is 28.5 Å². The quantitative estimate of drug-likeness (QED) is 0.341. The van der Waals surface area contributed by atoms with Gasteiger partial charge in [0.25, 0.3) is 5.91 Å². The first-order valence-electron chi connectivity index (χ1n) is 10.5. The highest BCUT2D eigenvalue weighted by atomic mass is 35.5. The minimum Gasteiger partial charge on any atom is -0.477 e. The summed E-state index contributed by atoms with van der Waals surface area (Å²) in [7, 11) is -1.69. The SMILES string of the molecule is CC(=O)OCC1=C(C(=O)O)N2C(=O)[C@@H](NC(=O)CCNc3ccnc4cc(Cl)ccc34)[C@H]2S(=O)C1. The van der Waals surface area contributed by atoms with E-state index in [2.05, 4.69) is 15.6 Å². The number of anilines is 1. The minimum absolute atomic E-state index is 0.0138. The van der Waals surface area contributed by atoms with E-state index in [9.17, 15) is 28.5 Å². The monoisotopic (exact) mass is 520 g/mol. The highest BCUT2D eigenvalue weighted by molar-refractivity contribution is 7.86. The molecule has 2 amide bonds. The molecule has 2 aromatic rings. The van der Waals surface area contributed by atoms with E-state index in [0.29, 0.717) is 10.5 Å². The molecule has 1 unspecified atom stereocenters. The third-order valence-corrected chi connectivity index (χ3v) is 7.44. The number of hydrogen-bond acceptors (Lipinski definition) is 8. The topological polar surface area (TPSA) is 155 Å². The number of benzene rings is 1. The largest absolute Gasteiger partial charge is 0.477 e. The van der Waals surface area contributed by atoms with Gasteiger partial charge >= 0.3 is 11.9 Å². The number of rotatable bonds is 8. The Morgan fingerprint density at radius 1 is 1.31 bits per heavy atom. The maximum absolute atomic E-state index is 12.7. The summed E-state index contributed by atoms with van der Waals surface area (Å²) in [6, 6.07) is 5.94. The van der Waals surface area contributed by atoms with Crippen molar-refractivity contribution in [2.24, 2.45) is 0 Å². The molecule has 35 heavy (non-hydrogen) atoms. The van der Waals surface area contributed by atoms with E-state index >= 15 is 0 Å². The van der Waals surface area contributed by atoms with E-state index in [1.54, 1.807) is 24.4 Å². The van der Waals surface area contributed by atoms with Crippen molar-refractivity contribution in [3.63, 3.8) is 0 Å². The van der Waals surface area contributed by atoms with Gasteiger partial charge in [0.1, 0.15) is 23.7 Å². The average molecular weight is 521 g/mol. The Labute approximate surface area is 206 Å². The summed E-state index contributed by atoms with van der Waals surface area (Å²) in [6.45, 7) is 1.03. The molecule has 3 atom stereocenters. The van der Waals surface area contributed by atoms with Crippen LogP contribution in [0, 0.1) is 0 Å². The van der Waals surface area contributed by atoms with Crippen LogP contribution in [0.3, 0.4) is 0 Å². The molecule has 1 aromatic heterocycles.